The molecule has 0 heterocycles. The van der Waals surface area contributed by atoms with Crippen molar-refractivity contribution in [1.82, 2.24) is 0 Å². The first-order valence-corrected chi connectivity index (χ1v) is 10.3. The fraction of sp³-hybridized carbons (Fsp3) is 1.00. The molecule has 0 aromatic rings. The second-order valence-corrected chi connectivity index (χ2v) is 6.38. The van der Waals surface area contributed by atoms with Crippen molar-refractivity contribution in [3.8, 4) is 0 Å². The van der Waals surface area contributed by atoms with Crippen LogP contribution >= 0.6 is 8.69 Å². The Kier molecular flexibility index (Phi) is 28.6. The normalized spacial score (nSPS) is 10.5. The molecule has 22 heavy (non-hydrogen) atoms. The number of quaternary nitrogens is 1. The van der Waals surface area contributed by atoms with E-state index in [-0.39, 0.29) is 0 Å². The lowest BCUT2D eigenvalue weighted by Crippen LogP contribution is -2.50. The summed E-state index contributed by atoms with van der Waals surface area (Å²) in [5.74, 6) is 0. The lowest BCUT2D eigenvalue weighted by Gasteiger charge is -2.03. The molecule has 3 N–H and O–H groups in total. The Hall–Kier alpha value is 0.0200. The van der Waals surface area contributed by atoms with Gasteiger partial charge in [-0.25, -0.2) is 0 Å². The highest BCUT2D eigenvalue weighted by atomic mass is 31.1. The van der Waals surface area contributed by atoms with Crippen molar-refractivity contribution in [3.05, 3.63) is 0 Å². The highest BCUT2D eigenvalue weighted by Gasteiger charge is 1.94. The second kappa shape index (κ2) is 25.9. The van der Waals surface area contributed by atoms with Gasteiger partial charge in [0.1, 0.15) is 0 Å². The maximum Gasteiger partial charge on any atom is 0.0739 e. The largest absolute Gasteiger partial charge is 0.772 e. The van der Waals surface area contributed by atoms with E-state index in [0.29, 0.717) is 0 Å². The van der Waals surface area contributed by atoms with Crippen LogP contribution in [-0.4, -0.2) is 6.54 Å². The van der Waals surface area contributed by atoms with E-state index in [9.17, 15) is 0 Å². The predicted octanol–water partition coefficient (Wildman–Crippen LogP) is 5.04. The molecule has 0 atom stereocenters. The van der Waals surface area contributed by atoms with Gasteiger partial charge in [-0.1, -0.05) is 96.8 Å². The molecule has 0 saturated carbocycles. The molecule has 0 radical (unpaired) electrons. The molecule has 0 unspecified atom stereocenters. The topological polar surface area (TPSA) is 67.8 Å². The van der Waals surface area contributed by atoms with Crippen molar-refractivity contribution in [2.24, 2.45) is 0 Å². The smallest absolute Gasteiger partial charge is 0.0739 e. The fourth-order valence-electron chi connectivity index (χ4n) is 2.72. The third-order valence-electron chi connectivity index (χ3n) is 4.10. The molecule has 4 heteroatoms. The summed E-state index contributed by atoms with van der Waals surface area (Å²) in [6.07, 6.45) is 23.2. The molecule has 3 nitrogen and oxygen atoms in total. The quantitative estimate of drug-likeness (QED) is 0.317. The Labute approximate surface area is 140 Å². The lowest BCUT2D eigenvalue weighted by molar-refractivity contribution is -0.368. The molecule has 0 spiro atoms. The molecule has 0 aromatic carbocycles. The van der Waals surface area contributed by atoms with E-state index in [1.165, 1.54) is 103 Å². The highest BCUT2D eigenvalue weighted by molar-refractivity contribution is 7.14. The predicted molar refractivity (Wildman–Crippen MR) is 94.9 cm³/mol. The summed E-state index contributed by atoms with van der Waals surface area (Å²) < 4.78 is 8.35. The molecule has 0 aliphatic heterocycles. The van der Waals surface area contributed by atoms with Gasteiger partial charge in [-0.05, 0) is 12.8 Å². The monoisotopic (exact) mass is 333 g/mol. The summed E-state index contributed by atoms with van der Waals surface area (Å²) in [6, 6.07) is 0. The molecule has 0 aromatic heterocycles. The summed E-state index contributed by atoms with van der Waals surface area (Å²) in [6.45, 7) is 3.42. The van der Waals surface area contributed by atoms with Crippen LogP contribution in [0.3, 0.4) is 0 Å². The van der Waals surface area contributed by atoms with Gasteiger partial charge in [0.2, 0.25) is 0 Å². The van der Waals surface area contributed by atoms with Crippen molar-refractivity contribution in [2.75, 3.05) is 6.54 Å². The SMILES string of the molecule is CCCCCCCCCCCCCCCCCC[NH3+].O=P[O-]. The molecule has 0 saturated heterocycles. The third-order valence-corrected chi connectivity index (χ3v) is 4.10. The van der Waals surface area contributed by atoms with Gasteiger partial charge >= 0.3 is 0 Å². The van der Waals surface area contributed by atoms with Crippen molar-refractivity contribution in [1.29, 1.82) is 0 Å². The van der Waals surface area contributed by atoms with Crippen LogP contribution in [0.1, 0.15) is 110 Å². The zero-order valence-electron chi connectivity index (χ0n) is 15.0. The van der Waals surface area contributed by atoms with Crippen LogP contribution < -0.4 is 10.6 Å². The maximum atomic E-state index is 8.35. The van der Waals surface area contributed by atoms with Crippen LogP contribution in [0.15, 0.2) is 0 Å². The minimum absolute atomic E-state index is 1.08. The van der Waals surface area contributed by atoms with Gasteiger partial charge < -0.3 is 10.6 Å². The minimum Gasteiger partial charge on any atom is -0.772 e. The second-order valence-electron chi connectivity index (χ2n) is 6.23. The summed E-state index contributed by atoms with van der Waals surface area (Å²) in [5.41, 5.74) is 3.89. The zero-order valence-corrected chi connectivity index (χ0v) is 15.9. The third kappa shape index (κ3) is 28.2. The molecular weight excluding hydrogens is 293 g/mol. The molecule has 0 aliphatic carbocycles. The fourth-order valence-corrected chi connectivity index (χ4v) is 2.72. The van der Waals surface area contributed by atoms with Crippen LogP contribution in [-0.2, 0) is 4.57 Å². The summed E-state index contributed by atoms with van der Waals surface area (Å²) >= 11 is 0. The van der Waals surface area contributed by atoms with E-state index in [1.54, 1.807) is 0 Å². The van der Waals surface area contributed by atoms with E-state index in [0.717, 1.165) is 6.54 Å². The Morgan fingerprint density at radius 3 is 1.09 bits per heavy atom. The van der Waals surface area contributed by atoms with Gasteiger partial charge in [0.05, 0.1) is 15.2 Å². The number of hydrogen-bond donors (Lipinski definition) is 1. The molecule has 0 fully saturated rings. The molecule has 0 bridgehead atoms. The maximum absolute atomic E-state index is 8.35. The Morgan fingerprint density at radius 1 is 0.636 bits per heavy atom. The summed E-state index contributed by atoms with van der Waals surface area (Å²) in [7, 11) is -1.08. The zero-order chi connectivity index (χ0) is 16.7. The lowest BCUT2D eigenvalue weighted by atomic mass is 10.0. The molecule has 0 amide bonds. The number of unbranched alkanes of at least 4 members (excludes halogenated alkanes) is 15. The van der Waals surface area contributed by atoms with Crippen LogP contribution in [0.25, 0.3) is 0 Å². The number of hydrogen-bond acceptors (Lipinski definition) is 2. The van der Waals surface area contributed by atoms with Crippen molar-refractivity contribution < 1.29 is 15.2 Å². The van der Waals surface area contributed by atoms with E-state index in [2.05, 4.69) is 12.7 Å². The standard InChI is InChI=1S/C18H39N.HO2P/c1-2-3-4-5-6-7-8-9-10-11-12-13-14-15-16-17-18-19;1-3-2/h2-19H2,1H3;(H,1,2). The Bertz CT molecular complexity index is 176. The van der Waals surface area contributed by atoms with Crippen LogP contribution in [0.5, 0.6) is 0 Å². The Balaban J connectivity index is 0. The van der Waals surface area contributed by atoms with E-state index >= 15 is 0 Å². The molecule has 0 aliphatic rings. The average molecular weight is 333 g/mol. The Morgan fingerprint density at radius 2 is 0.864 bits per heavy atom. The van der Waals surface area contributed by atoms with Gasteiger partial charge in [-0.2, -0.15) is 0 Å². The molecule has 134 valence electrons. The van der Waals surface area contributed by atoms with Gasteiger partial charge in [-0.3, -0.25) is 4.57 Å². The minimum atomic E-state index is -1.08. The van der Waals surface area contributed by atoms with Gasteiger partial charge in [-0.15, -0.1) is 0 Å². The van der Waals surface area contributed by atoms with Crippen LogP contribution in [0, 0.1) is 0 Å². The first kappa shape index (κ1) is 24.3. The van der Waals surface area contributed by atoms with E-state index < -0.39 is 8.69 Å². The van der Waals surface area contributed by atoms with Crippen molar-refractivity contribution in [3.63, 3.8) is 0 Å². The molecular formula is C18H40NO2P. The van der Waals surface area contributed by atoms with Gasteiger partial charge in [0.25, 0.3) is 0 Å². The van der Waals surface area contributed by atoms with E-state index in [1.807, 2.05) is 0 Å². The van der Waals surface area contributed by atoms with Gasteiger partial charge in [0, 0.05) is 0 Å². The first-order chi connectivity index (χ1) is 10.8. The summed E-state index contributed by atoms with van der Waals surface area (Å²) in [5, 5.41) is 0. The van der Waals surface area contributed by atoms with Gasteiger partial charge in [0.15, 0.2) is 0 Å². The van der Waals surface area contributed by atoms with Crippen LogP contribution in [0.2, 0.25) is 0 Å². The van der Waals surface area contributed by atoms with Crippen molar-refractivity contribution >= 4 is 8.69 Å². The average Bonchev–Trinajstić information content (AvgIpc) is 2.52. The highest BCUT2D eigenvalue weighted by Crippen LogP contribution is 2.13. The van der Waals surface area contributed by atoms with E-state index in [4.69, 9.17) is 9.46 Å². The first-order valence-electron chi connectivity index (χ1n) is 9.57. The van der Waals surface area contributed by atoms with Crippen LogP contribution in [0.4, 0.5) is 0 Å². The van der Waals surface area contributed by atoms with Crippen molar-refractivity contribution in [2.45, 2.75) is 110 Å². The summed E-state index contributed by atoms with van der Waals surface area (Å²) in [4.78, 5) is 8.35. The number of rotatable bonds is 16. The molecule has 0 rings (SSSR count).